The summed E-state index contributed by atoms with van der Waals surface area (Å²) < 4.78 is 22.6. The molecule has 25 heavy (non-hydrogen) atoms. The van der Waals surface area contributed by atoms with Crippen molar-refractivity contribution in [2.45, 2.75) is 31.6 Å². The van der Waals surface area contributed by atoms with Crippen molar-refractivity contribution in [3.8, 4) is 0 Å². The lowest BCUT2D eigenvalue weighted by atomic mass is 10.0. The molecule has 0 aliphatic heterocycles. The fourth-order valence-corrected chi connectivity index (χ4v) is 2.82. The van der Waals surface area contributed by atoms with Crippen LogP contribution in [0.1, 0.15) is 34.3 Å². The van der Waals surface area contributed by atoms with Gasteiger partial charge in [0.15, 0.2) is 5.78 Å². The number of aryl methyl sites for hydroxylation is 2. The lowest BCUT2D eigenvalue weighted by Crippen LogP contribution is -2.15. The average molecular weight is 360 g/mol. The highest BCUT2D eigenvalue weighted by Crippen LogP contribution is 2.16. The Morgan fingerprint density at radius 1 is 1.00 bits per heavy atom. The molecule has 1 amide bonds. The minimum atomic E-state index is -3.84. The Hall–Kier alpha value is -2.51. The molecule has 0 aliphatic rings. The van der Waals surface area contributed by atoms with E-state index < -0.39 is 10.0 Å². The van der Waals surface area contributed by atoms with Gasteiger partial charge in [-0.3, -0.25) is 9.59 Å². The predicted octanol–water partition coefficient (Wildman–Crippen LogP) is 2.55. The van der Waals surface area contributed by atoms with E-state index in [1.807, 2.05) is 26.0 Å². The van der Waals surface area contributed by atoms with Crippen LogP contribution in [0.5, 0.6) is 0 Å². The van der Waals surface area contributed by atoms with E-state index in [0.717, 1.165) is 11.1 Å². The molecule has 7 heteroatoms. The summed E-state index contributed by atoms with van der Waals surface area (Å²) in [6.07, 6.45) is 0.0779. The molecule has 0 heterocycles. The van der Waals surface area contributed by atoms with Crippen LogP contribution in [0.25, 0.3) is 0 Å². The van der Waals surface area contributed by atoms with Gasteiger partial charge >= 0.3 is 0 Å². The summed E-state index contributed by atoms with van der Waals surface area (Å²) >= 11 is 0. The smallest absolute Gasteiger partial charge is 0.238 e. The van der Waals surface area contributed by atoms with E-state index in [9.17, 15) is 18.0 Å². The summed E-state index contributed by atoms with van der Waals surface area (Å²) in [5.41, 5.74) is 3.02. The van der Waals surface area contributed by atoms with Crippen LogP contribution in [0.2, 0.25) is 0 Å². The summed E-state index contributed by atoms with van der Waals surface area (Å²) in [6, 6.07) is 11.1. The second-order valence-corrected chi connectivity index (χ2v) is 7.40. The molecule has 0 spiro atoms. The summed E-state index contributed by atoms with van der Waals surface area (Å²) in [4.78, 5) is 24.1. The first kappa shape index (κ1) is 18.8. The Morgan fingerprint density at radius 3 is 2.36 bits per heavy atom. The zero-order chi connectivity index (χ0) is 18.6. The lowest BCUT2D eigenvalue weighted by molar-refractivity contribution is -0.116. The van der Waals surface area contributed by atoms with Crippen molar-refractivity contribution in [1.82, 2.24) is 0 Å². The highest BCUT2D eigenvalue weighted by molar-refractivity contribution is 7.89. The molecule has 0 saturated heterocycles. The number of nitrogens with one attached hydrogen (secondary N) is 1. The molecule has 0 aromatic heterocycles. The normalized spacial score (nSPS) is 11.2. The van der Waals surface area contributed by atoms with Crippen molar-refractivity contribution in [2.24, 2.45) is 5.14 Å². The number of nitrogens with two attached hydrogens (primary N) is 1. The Labute approximate surface area is 147 Å². The molecule has 0 atom stereocenters. The molecular weight excluding hydrogens is 340 g/mol. The van der Waals surface area contributed by atoms with Crippen molar-refractivity contribution in [2.75, 3.05) is 5.32 Å². The first-order valence-electron chi connectivity index (χ1n) is 7.70. The van der Waals surface area contributed by atoms with E-state index in [2.05, 4.69) is 5.32 Å². The molecule has 132 valence electrons. The molecule has 0 radical (unpaired) electrons. The number of Topliss-reactive ketones (excluding diaryl/α,β-unsaturated/α-hetero) is 1. The largest absolute Gasteiger partial charge is 0.326 e. The number of benzene rings is 2. The molecule has 2 aromatic carbocycles. The molecule has 0 saturated carbocycles. The number of rotatable bonds is 6. The Balaban J connectivity index is 1.96. The zero-order valence-corrected chi connectivity index (χ0v) is 14.9. The standard InChI is InChI=1S/C18H20N2O4S/c1-12-6-7-14(10-13(12)2)17(21)8-9-18(22)20-15-4-3-5-16(11-15)25(19,23)24/h3-7,10-11H,8-9H2,1-2H3,(H,20,22)(H2,19,23,24). The van der Waals surface area contributed by atoms with Gasteiger partial charge in [-0.15, -0.1) is 0 Å². The van der Waals surface area contributed by atoms with E-state index in [0.29, 0.717) is 11.3 Å². The van der Waals surface area contributed by atoms with Gasteiger partial charge in [-0.05, 0) is 49.2 Å². The number of sulfonamides is 1. The van der Waals surface area contributed by atoms with Crippen LogP contribution >= 0.6 is 0 Å². The Bertz CT molecular complexity index is 920. The van der Waals surface area contributed by atoms with Crippen LogP contribution in [0.15, 0.2) is 47.4 Å². The summed E-state index contributed by atoms with van der Waals surface area (Å²) in [7, 11) is -3.84. The second-order valence-electron chi connectivity index (χ2n) is 5.84. The molecule has 3 N–H and O–H groups in total. The molecule has 6 nitrogen and oxygen atoms in total. The van der Waals surface area contributed by atoms with Gasteiger partial charge in [-0.1, -0.05) is 18.2 Å². The van der Waals surface area contributed by atoms with Crippen LogP contribution in [0.3, 0.4) is 0 Å². The number of hydrogen-bond donors (Lipinski definition) is 2. The van der Waals surface area contributed by atoms with Crippen molar-refractivity contribution in [3.63, 3.8) is 0 Å². The Kier molecular flexibility index (Phi) is 5.71. The van der Waals surface area contributed by atoms with Crippen LogP contribution < -0.4 is 10.5 Å². The van der Waals surface area contributed by atoms with E-state index in [1.165, 1.54) is 18.2 Å². The van der Waals surface area contributed by atoms with E-state index in [-0.39, 0.29) is 29.4 Å². The van der Waals surface area contributed by atoms with Gasteiger partial charge in [-0.25, -0.2) is 13.6 Å². The molecule has 0 fully saturated rings. The van der Waals surface area contributed by atoms with Gasteiger partial charge in [-0.2, -0.15) is 0 Å². The molecule has 0 bridgehead atoms. The number of carbonyl (C=O) groups excluding carboxylic acids is 2. The third-order valence-corrected chi connectivity index (χ3v) is 4.77. The molecule has 0 aliphatic carbocycles. The maximum Gasteiger partial charge on any atom is 0.238 e. The van der Waals surface area contributed by atoms with Crippen molar-refractivity contribution >= 4 is 27.4 Å². The van der Waals surface area contributed by atoms with Crippen LogP contribution in [0.4, 0.5) is 5.69 Å². The fraction of sp³-hybridized carbons (Fsp3) is 0.222. The highest BCUT2D eigenvalue weighted by atomic mass is 32.2. The van der Waals surface area contributed by atoms with Crippen molar-refractivity contribution in [3.05, 3.63) is 59.2 Å². The minimum Gasteiger partial charge on any atom is -0.326 e. The van der Waals surface area contributed by atoms with E-state index >= 15 is 0 Å². The van der Waals surface area contributed by atoms with Crippen LogP contribution in [-0.4, -0.2) is 20.1 Å². The second kappa shape index (κ2) is 7.58. The topological polar surface area (TPSA) is 106 Å². The maximum absolute atomic E-state index is 12.2. The van der Waals surface area contributed by atoms with E-state index in [1.54, 1.807) is 12.1 Å². The third kappa shape index (κ3) is 5.23. The molecular formula is C18H20N2O4S. The van der Waals surface area contributed by atoms with Gasteiger partial charge in [0.25, 0.3) is 0 Å². The summed E-state index contributed by atoms with van der Waals surface area (Å²) in [5, 5.41) is 7.63. The molecule has 2 aromatic rings. The summed E-state index contributed by atoms with van der Waals surface area (Å²) in [5.74, 6) is -0.486. The van der Waals surface area contributed by atoms with Gasteiger partial charge in [0.2, 0.25) is 15.9 Å². The number of ketones is 1. The Morgan fingerprint density at radius 2 is 1.72 bits per heavy atom. The maximum atomic E-state index is 12.2. The highest BCUT2D eigenvalue weighted by Gasteiger charge is 2.12. The first-order valence-corrected chi connectivity index (χ1v) is 9.24. The van der Waals surface area contributed by atoms with Crippen molar-refractivity contribution < 1.29 is 18.0 Å². The quantitative estimate of drug-likeness (QED) is 0.772. The number of amides is 1. The molecule has 0 unspecified atom stereocenters. The summed E-state index contributed by atoms with van der Waals surface area (Å²) in [6.45, 7) is 3.89. The van der Waals surface area contributed by atoms with Crippen molar-refractivity contribution in [1.29, 1.82) is 0 Å². The minimum absolute atomic E-state index is 0.00532. The fourth-order valence-electron chi connectivity index (χ4n) is 2.26. The monoisotopic (exact) mass is 360 g/mol. The number of carbonyl (C=O) groups is 2. The van der Waals surface area contributed by atoms with Gasteiger partial charge in [0, 0.05) is 24.1 Å². The third-order valence-electron chi connectivity index (χ3n) is 3.85. The van der Waals surface area contributed by atoms with E-state index in [4.69, 9.17) is 5.14 Å². The zero-order valence-electron chi connectivity index (χ0n) is 14.1. The number of anilines is 1. The average Bonchev–Trinajstić information content (AvgIpc) is 2.54. The van der Waals surface area contributed by atoms with Gasteiger partial charge in [0.05, 0.1) is 4.90 Å². The molecule has 2 rings (SSSR count). The van der Waals surface area contributed by atoms with Crippen LogP contribution in [-0.2, 0) is 14.8 Å². The van der Waals surface area contributed by atoms with Crippen LogP contribution in [0, 0.1) is 13.8 Å². The number of hydrogen-bond acceptors (Lipinski definition) is 4. The SMILES string of the molecule is Cc1ccc(C(=O)CCC(=O)Nc2cccc(S(N)(=O)=O)c2)cc1C. The first-order chi connectivity index (χ1) is 11.7. The van der Waals surface area contributed by atoms with Gasteiger partial charge in [0.1, 0.15) is 0 Å². The lowest BCUT2D eigenvalue weighted by Gasteiger charge is -2.07. The number of primary sulfonamides is 1. The predicted molar refractivity (Wildman–Crippen MR) is 95.9 cm³/mol. The van der Waals surface area contributed by atoms with Gasteiger partial charge < -0.3 is 5.32 Å².